The van der Waals surface area contributed by atoms with Crippen LogP contribution < -0.4 is 5.32 Å². The van der Waals surface area contributed by atoms with Crippen LogP contribution in [0.4, 0.5) is 0 Å². The number of nitrogens with zero attached hydrogens (tertiary/aromatic N) is 4. The molecule has 3 aliphatic rings. The van der Waals surface area contributed by atoms with Crippen molar-refractivity contribution in [3.05, 3.63) is 11.7 Å². The van der Waals surface area contributed by atoms with E-state index in [0.717, 1.165) is 49.9 Å². The van der Waals surface area contributed by atoms with E-state index in [1.807, 2.05) is 4.90 Å². The Morgan fingerprint density at radius 1 is 1.32 bits per heavy atom. The minimum Gasteiger partial charge on any atom is -0.337 e. The molecule has 2 atom stereocenters. The maximum Gasteiger partial charge on any atom is 0.250 e. The summed E-state index contributed by atoms with van der Waals surface area (Å²) in [6.45, 7) is 2.79. The van der Waals surface area contributed by atoms with Crippen LogP contribution in [0.2, 0.25) is 0 Å². The molecule has 3 fully saturated rings. The monoisotopic (exact) mass is 387 g/mol. The van der Waals surface area contributed by atoms with E-state index in [0.29, 0.717) is 5.89 Å². The summed E-state index contributed by atoms with van der Waals surface area (Å²) in [6, 6.07) is 0.0792. The summed E-state index contributed by atoms with van der Waals surface area (Å²) in [5.74, 6) is 3.38. The molecule has 1 amide bonds. The van der Waals surface area contributed by atoms with Gasteiger partial charge in [-0.2, -0.15) is 4.98 Å². The number of piperazine rings is 1. The second-order valence-electron chi connectivity index (χ2n) is 7.00. The molecule has 0 aromatic carbocycles. The van der Waals surface area contributed by atoms with Crippen LogP contribution in [0.3, 0.4) is 0 Å². The molecule has 0 radical (unpaired) electrons. The zero-order valence-electron chi connectivity index (χ0n) is 14.5. The zero-order valence-corrected chi connectivity index (χ0v) is 16.2. The Kier molecular flexibility index (Phi) is 6.25. The van der Waals surface area contributed by atoms with Gasteiger partial charge in [0.05, 0.1) is 11.9 Å². The molecule has 7 nitrogen and oxygen atoms in total. The summed E-state index contributed by atoms with van der Waals surface area (Å²) in [5, 5.41) is 7.59. The van der Waals surface area contributed by atoms with Gasteiger partial charge in [0.1, 0.15) is 6.04 Å². The Bertz CT molecular complexity index is 595. The number of aromatic nitrogens is 2. The van der Waals surface area contributed by atoms with Crippen LogP contribution >= 0.6 is 24.2 Å². The largest absolute Gasteiger partial charge is 0.337 e. The molecule has 0 spiro atoms. The van der Waals surface area contributed by atoms with Crippen molar-refractivity contribution in [2.45, 2.75) is 37.8 Å². The van der Waals surface area contributed by atoms with Crippen molar-refractivity contribution >= 4 is 30.1 Å². The van der Waals surface area contributed by atoms with E-state index in [-0.39, 0.29) is 36.3 Å². The van der Waals surface area contributed by atoms with Gasteiger partial charge in [-0.3, -0.25) is 9.69 Å². The van der Waals surface area contributed by atoms with Gasteiger partial charge in [-0.25, -0.2) is 0 Å². The second-order valence-corrected chi connectivity index (χ2v) is 8.00. The number of thioether (sulfide) groups is 1. The Morgan fingerprint density at radius 2 is 2.12 bits per heavy atom. The fourth-order valence-corrected chi connectivity index (χ4v) is 5.04. The van der Waals surface area contributed by atoms with Gasteiger partial charge in [0, 0.05) is 31.3 Å². The highest BCUT2D eigenvalue weighted by molar-refractivity contribution is 7.99. The quantitative estimate of drug-likeness (QED) is 0.847. The third-order valence-electron chi connectivity index (χ3n) is 5.42. The second kappa shape index (κ2) is 8.24. The number of likely N-dealkylation sites (N-methyl/N-ethyl adjacent to an activating group) is 1. The molecular weight excluding hydrogens is 362 g/mol. The average molecular weight is 388 g/mol. The van der Waals surface area contributed by atoms with Gasteiger partial charge in [-0.15, -0.1) is 24.2 Å². The Hall–Kier alpha value is -0.830. The number of hydrogen-bond donors (Lipinski definition) is 1. The Labute approximate surface area is 158 Å². The zero-order chi connectivity index (χ0) is 16.5. The molecular formula is C16H26ClN5O2S. The van der Waals surface area contributed by atoms with Gasteiger partial charge in [0.15, 0.2) is 5.82 Å². The summed E-state index contributed by atoms with van der Waals surface area (Å²) in [4.78, 5) is 21.7. The van der Waals surface area contributed by atoms with Gasteiger partial charge in [0.25, 0.3) is 0 Å². The molecule has 3 heterocycles. The molecule has 25 heavy (non-hydrogen) atoms. The SMILES string of the molecule is CN1CCNCC1c1noc(C2CSCN2C(=O)C2CCCC2)n1.Cl. The van der Waals surface area contributed by atoms with Gasteiger partial charge < -0.3 is 14.7 Å². The Balaban J connectivity index is 0.00000182. The fourth-order valence-electron chi connectivity index (χ4n) is 3.88. The molecule has 140 valence electrons. The van der Waals surface area contributed by atoms with Crippen molar-refractivity contribution in [1.29, 1.82) is 0 Å². The van der Waals surface area contributed by atoms with Gasteiger partial charge in [-0.1, -0.05) is 18.0 Å². The lowest BCUT2D eigenvalue weighted by molar-refractivity contribution is -0.136. The molecule has 4 rings (SSSR count). The topological polar surface area (TPSA) is 74.5 Å². The molecule has 1 aromatic rings. The van der Waals surface area contributed by atoms with Crippen LogP contribution in [0.5, 0.6) is 0 Å². The standard InChI is InChI=1S/C16H25N5O2S.ClH/c1-20-7-6-17-8-12(20)14-18-15(23-19-14)13-9-24-10-21(13)16(22)11-4-2-3-5-11;/h11-13,17H,2-10H2,1H3;1H. The lowest BCUT2D eigenvalue weighted by Gasteiger charge is -2.30. The molecule has 2 aliphatic heterocycles. The third kappa shape index (κ3) is 3.82. The molecule has 1 aliphatic carbocycles. The first-order valence-electron chi connectivity index (χ1n) is 8.86. The van der Waals surface area contributed by atoms with Crippen LogP contribution in [0.25, 0.3) is 0 Å². The predicted octanol–water partition coefficient (Wildman–Crippen LogP) is 1.83. The van der Waals surface area contributed by atoms with Crippen molar-refractivity contribution in [3.63, 3.8) is 0 Å². The highest BCUT2D eigenvalue weighted by Gasteiger charge is 2.38. The average Bonchev–Trinajstić information content (AvgIpc) is 3.34. The summed E-state index contributed by atoms with van der Waals surface area (Å²) in [6.07, 6.45) is 4.40. The number of rotatable bonds is 3. The van der Waals surface area contributed by atoms with E-state index in [4.69, 9.17) is 4.52 Å². The molecule has 2 saturated heterocycles. The first-order valence-corrected chi connectivity index (χ1v) is 10.0. The first-order chi connectivity index (χ1) is 11.7. The smallest absolute Gasteiger partial charge is 0.250 e. The number of carbonyl (C=O) groups excluding carboxylic acids is 1. The normalized spacial score (nSPS) is 28.3. The van der Waals surface area contributed by atoms with Gasteiger partial charge in [-0.05, 0) is 19.9 Å². The van der Waals surface area contributed by atoms with E-state index >= 15 is 0 Å². The molecule has 9 heteroatoms. The van der Waals surface area contributed by atoms with Crippen LogP contribution in [0, 0.1) is 5.92 Å². The highest BCUT2D eigenvalue weighted by atomic mass is 35.5. The van der Waals surface area contributed by atoms with Gasteiger partial charge in [0.2, 0.25) is 11.8 Å². The predicted molar refractivity (Wildman–Crippen MR) is 98.7 cm³/mol. The van der Waals surface area contributed by atoms with Crippen molar-refractivity contribution in [3.8, 4) is 0 Å². The minimum absolute atomic E-state index is 0. The number of nitrogens with one attached hydrogen (secondary N) is 1. The number of amides is 1. The maximum absolute atomic E-state index is 12.8. The van der Waals surface area contributed by atoms with E-state index in [9.17, 15) is 4.79 Å². The van der Waals surface area contributed by atoms with Crippen molar-refractivity contribution in [1.82, 2.24) is 25.3 Å². The molecule has 0 bridgehead atoms. The molecule has 1 aromatic heterocycles. The minimum atomic E-state index is -0.0637. The first kappa shape index (κ1) is 18.9. The van der Waals surface area contributed by atoms with Crippen LogP contribution in [0.1, 0.15) is 49.5 Å². The molecule has 1 saturated carbocycles. The van der Waals surface area contributed by atoms with Crippen LogP contribution in [0.15, 0.2) is 4.52 Å². The van der Waals surface area contributed by atoms with E-state index in [1.54, 1.807) is 11.8 Å². The van der Waals surface area contributed by atoms with Gasteiger partial charge >= 0.3 is 0 Å². The summed E-state index contributed by atoms with van der Waals surface area (Å²) in [7, 11) is 2.09. The van der Waals surface area contributed by atoms with Crippen LogP contribution in [-0.2, 0) is 4.79 Å². The summed E-state index contributed by atoms with van der Waals surface area (Å²) in [5.41, 5.74) is 0. The highest BCUT2D eigenvalue weighted by Crippen LogP contribution is 2.37. The fraction of sp³-hybridized carbons (Fsp3) is 0.812. The molecule has 2 unspecified atom stereocenters. The van der Waals surface area contributed by atoms with Crippen LogP contribution in [-0.4, -0.2) is 64.2 Å². The lowest BCUT2D eigenvalue weighted by Crippen LogP contribution is -2.44. The van der Waals surface area contributed by atoms with E-state index < -0.39 is 0 Å². The van der Waals surface area contributed by atoms with Crippen molar-refractivity contribution < 1.29 is 9.32 Å². The van der Waals surface area contributed by atoms with Crippen molar-refractivity contribution in [2.75, 3.05) is 38.3 Å². The van der Waals surface area contributed by atoms with Crippen molar-refractivity contribution in [2.24, 2.45) is 5.92 Å². The number of hydrogen-bond acceptors (Lipinski definition) is 7. The van der Waals surface area contributed by atoms with E-state index in [1.165, 1.54) is 12.8 Å². The summed E-state index contributed by atoms with van der Waals surface area (Å²) < 4.78 is 5.57. The maximum atomic E-state index is 12.8. The Morgan fingerprint density at radius 3 is 2.88 bits per heavy atom. The number of carbonyl (C=O) groups is 1. The third-order valence-corrected chi connectivity index (χ3v) is 6.43. The number of halogens is 1. The summed E-state index contributed by atoms with van der Waals surface area (Å²) >= 11 is 1.77. The molecule has 1 N–H and O–H groups in total. The van der Waals surface area contributed by atoms with E-state index in [2.05, 4.69) is 27.4 Å². The lowest BCUT2D eigenvalue weighted by atomic mass is 10.1.